The molecule has 2 rings (SSSR count). The molecule has 1 aromatic carbocycles. The molecule has 1 aromatic rings. The number of ether oxygens (including phenoxy) is 2. The van der Waals surface area contributed by atoms with Crippen molar-refractivity contribution in [3.63, 3.8) is 0 Å². The van der Waals surface area contributed by atoms with Crippen LogP contribution in [-0.2, 0) is 16.1 Å². The Morgan fingerprint density at radius 3 is 2.67 bits per heavy atom. The number of rotatable bonds is 5. The van der Waals surface area contributed by atoms with Gasteiger partial charge in [-0.1, -0.05) is 30.3 Å². The zero-order chi connectivity index (χ0) is 13.0. The third kappa shape index (κ3) is 3.74. The molecule has 0 aromatic heterocycles. The largest absolute Gasteiger partial charge is 0.445 e. The van der Waals surface area contributed by atoms with Gasteiger partial charge in [-0.25, -0.2) is 4.79 Å². The number of epoxide rings is 1. The van der Waals surface area contributed by atoms with Crippen molar-refractivity contribution in [1.82, 2.24) is 4.90 Å². The van der Waals surface area contributed by atoms with Crippen LogP contribution < -0.4 is 0 Å². The van der Waals surface area contributed by atoms with Gasteiger partial charge in [0.2, 0.25) is 0 Å². The molecule has 1 saturated heterocycles. The molecule has 0 radical (unpaired) electrons. The van der Waals surface area contributed by atoms with E-state index in [1.807, 2.05) is 37.3 Å². The Kier molecular flexibility index (Phi) is 4.20. The Balaban J connectivity index is 1.67. The molecule has 0 saturated carbocycles. The van der Waals surface area contributed by atoms with Gasteiger partial charge in [-0.15, -0.1) is 0 Å². The molecule has 2 unspecified atom stereocenters. The van der Waals surface area contributed by atoms with Gasteiger partial charge in [0.05, 0.1) is 12.2 Å². The van der Waals surface area contributed by atoms with Crippen molar-refractivity contribution in [3.8, 4) is 0 Å². The summed E-state index contributed by atoms with van der Waals surface area (Å²) in [7, 11) is 1.75. The van der Waals surface area contributed by atoms with Crippen molar-refractivity contribution in [2.75, 3.05) is 13.6 Å². The van der Waals surface area contributed by atoms with Crippen LogP contribution in [0.5, 0.6) is 0 Å². The van der Waals surface area contributed by atoms with Crippen LogP contribution >= 0.6 is 0 Å². The Morgan fingerprint density at radius 2 is 2.06 bits per heavy atom. The van der Waals surface area contributed by atoms with Gasteiger partial charge in [-0.2, -0.15) is 0 Å². The van der Waals surface area contributed by atoms with Crippen molar-refractivity contribution < 1.29 is 14.3 Å². The summed E-state index contributed by atoms with van der Waals surface area (Å²) in [6.07, 6.45) is 1.25. The first kappa shape index (κ1) is 12.9. The molecule has 1 amide bonds. The van der Waals surface area contributed by atoms with Gasteiger partial charge in [-0.05, 0) is 18.9 Å². The van der Waals surface area contributed by atoms with Crippen molar-refractivity contribution in [2.24, 2.45) is 0 Å². The predicted octanol–water partition coefficient (Wildman–Crippen LogP) is 2.43. The van der Waals surface area contributed by atoms with E-state index in [4.69, 9.17) is 9.47 Å². The highest BCUT2D eigenvalue weighted by molar-refractivity contribution is 5.67. The molecule has 1 heterocycles. The number of hydrogen-bond acceptors (Lipinski definition) is 3. The second kappa shape index (κ2) is 5.87. The van der Waals surface area contributed by atoms with E-state index in [1.54, 1.807) is 11.9 Å². The molecular formula is C14H19NO3. The minimum atomic E-state index is -0.285. The molecule has 1 aliphatic rings. The van der Waals surface area contributed by atoms with Crippen LogP contribution in [0, 0.1) is 0 Å². The Bertz CT molecular complexity index is 393. The molecule has 4 heteroatoms. The lowest BCUT2D eigenvalue weighted by Crippen LogP contribution is -2.29. The molecule has 98 valence electrons. The van der Waals surface area contributed by atoms with E-state index in [2.05, 4.69) is 0 Å². The van der Waals surface area contributed by atoms with E-state index < -0.39 is 0 Å². The Hall–Kier alpha value is -1.55. The molecule has 1 aliphatic heterocycles. The number of benzene rings is 1. The molecular weight excluding hydrogens is 230 g/mol. The minimum Gasteiger partial charge on any atom is -0.445 e. The van der Waals surface area contributed by atoms with E-state index in [-0.39, 0.29) is 6.09 Å². The summed E-state index contributed by atoms with van der Waals surface area (Å²) in [4.78, 5) is 13.3. The van der Waals surface area contributed by atoms with Crippen LogP contribution in [0.4, 0.5) is 4.79 Å². The second-order valence-corrected chi connectivity index (χ2v) is 4.63. The van der Waals surface area contributed by atoms with E-state index in [0.717, 1.165) is 12.0 Å². The number of carbonyl (C=O) groups is 1. The Labute approximate surface area is 107 Å². The van der Waals surface area contributed by atoms with Crippen LogP contribution in [0.15, 0.2) is 30.3 Å². The number of hydrogen-bond donors (Lipinski definition) is 0. The summed E-state index contributed by atoms with van der Waals surface area (Å²) in [6, 6.07) is 9.67. The third-order valence-electron chi connectivity index (χ3n) is 3.10. The molecule has 0 N–H and O–H groups in total. The maximum atomic E-state index is 11.7. The predicted molar refractivity (Wildman–Crippen MR) is 68.2 cm³/mol. The van der Waals surface area contributed by atoms with E-state index in [9.17, 15) is 4.79 Å². The number of amides is 1. The smallest absolute Gasteiger partial charge is 0.409 e. The first-order valence-electron chi connectivity index (χ1n) is 6.24. The Morgan fingerprint density at radius 1 is 1.39 bits per heavy atom. The lowest BCUT2D eigenvalue weighted by molar-refractivity contribution is 0.104. The average Bonchev–Trinajstić information content (AvgIpc) is 3.10. The summed E-state index contributed by atoms with van der Waals surface area (Å²) in [5.41, 5.74) is 0.999. The first-order valence-corrected chi connectivity index (χ1v) is 6.24. The van der Waals surface area contributed by atoms with Crippen molar-refractivity contribution in [3.05, 3.63) is 35.9 Å². The van der Waals surface area contributed by atoms with Crippen LogP contribution in [0.1, 0.15) is 18.9 Å². The highest BCUT2D eigenvalue weighted by Crippen LogP contribution is 2.24. The van der Waals surface area contributed by atoms with E-state index in [1.165, 1.54) is 0 Å². The summed E-state index contributed by atoms with van der Waals surface area (Å²) >= 11 is 0. The molecule has 0 spiro atoms. The molecule has 0 bridgehead atoms. The van der Waals surface area contributed by atoms with E-state index in [0.29, 0.717) is 25.4 Å². The fourth-order valence-electron chi connectivity index (χ4n) is 1.77. The molecule has 1 fully saturated rings. The summed E-state index contributed by atoms with van der Waals surface area (Å²) in [5.74, 6) is 0. The van der Waals surface area contributed by atoms with Gasteiger partial charge in [0.25, 0.3) is 0 Å². The van der Waals surface area contributed by atoms with Gasteiger partial charge in [0.1, 0.15) is 6.61 Å². The fourth-order valence-corrected chi connectivity index (χ4v) is 1.77. The van der Waals surface area contributed by atoms with E-state index >= 15 is 0 Å². The van der Waals surface area contributed by atoms with Crippen molar-refractivity contribution >= 4 is 6.09 Å². The summed E-state index contributed by atoms with van der Waals surface area (Å²) < 4.78 is 10.5. The highest BCUT2D eigenvalue weighted by Gasteiger charge is 2.33. The second-order valence-electron chi connectivity index (χ2n) is 4.63. The molecule has 4 nitrogen and oxygen atoms in total. The molecule has 2 atom stereocenters. The van der Waals surface area contributed by atoms with Crippen LogP contribution in [0.2, 0.25) is 0 Å². The summed E-state index contributed by atoms with van der Waals surface area (Å²) in [5, 5.41) is 0. The van der Waals surface area contributed by atoms with Gasteiger partial charge in [0.15, 0.2) is 0 Å². The highest BCUT2D eigenvalue weighted by atomic mass is 16.6. The number of nitrogens with zero attached hydrogens (tertiary/aromatic N) is 1. The number of carbonyl (C=O) groups excluding carboxylic acids is 1. The summed E-state index contributed by atoms with van der Waals surface area (Å²) in [6.45, 7) is 3.03. The van der Waals surface area contributed by atoms with Gasteiger partial charge in [-0.3, -0.25) is 0 Å². The van der Waals surface area contributed by atoms with Gasteiger partial charge >= 0.3 is 6.09 Å². The molecule has 0 aliphatic carbocycles. The maximum Gasteiger partial charge on any atom is 0.409 e. The minimum absolute atomic E-state index is 0.285. The maximum absolute atomic E-state index is 11.7. The average molecular weight is 249 g/mol. The fraction of sp³-hybridized carbons (Fsp3) is 0.500. The normalized spacial score (nSPS) is 21.4. The third-order valence-corrected chi connectivity index (χ3v) is 3.10. The zero-order valence-corrected chi connectivity index (χ0v) is 10.8. The quantitative estimate of drug-likeness (QED) is 0.753. The van der Waals surface area contributed by atoms with Crippen LogP contribution in [-0.4, -0.2) is 36.8 Å². The lowest BCUT2D eigenvalue weighted by atomic mass is 10.2. The van der Waals surface area contributed by atoms with Crippen molar-refractivity contribution in [2.45, 2.75) is 32.2 Å². The van der Waals surface area contributed by atoms with Crippen LogP contribution in [0.3, 0.4) is 0 Å². The first-order chi connectivity index (χ1) is 8.66. The SMILES string of the molecule is CC1OC1CCN(C)C(=O)OCc1ccccc1. The lowest BCUT2D eigenvalue weighted by Gasteiger charge is -2.16. The van der Waals surface area contributed by atoms with Crippen LogP contribution in [0.25, 0.3) is 0 Å². The van der Waals surface area contributed by atoms with Gasteiger partial charge in [0, 0.05) is 13.6 Å². The monoisotopic (exact) mass is 249 g/mol. The van der Waals surface area contributed by atoms with Crippen molar-refractivity contribution in [1.29, 1.82) is 0 Å². The van der Waals surface area contributed by atoms with Gasteiger partial charge < -0.3 is 14.4 Å². The zero-order valence-electron chi connectivity index (χ0n) is 10.8. The standard InChI is InChI=1S/C14H19NO3/c1-11-13(18-11)8-9-15(2)14(16)17-10-12-6-4-3-5-7-12/h3-7,11,13H,8-10H2,1-2H3. The topological polar surface area (TPSA) is 42.1 Å². The molecule has 18 heavy (non-hydrogen) atoms.